The molecule has 2 aliphatic rings. The SMILES string of the molecule is O=C1c2ccccc2C2c3cccc(Br)c3OCN12. The zero-order valence-electron chi connectivity index (χ0n) is 9.97. The maximum absolute atomic E-state index is 12.4. The van der Waals surface area contributed by atoms with Gasteiger partial charge >= 0.3 is 0 Å². The Balaban J connectivity index is 1.98. The molecule has 0 aliphatic carbocycles. The normalized spacial score (nSPS) is 19.5. The smallest absolute Gasteiger partial charge is 0.257 e. The fourth-order valence-corrected chi connectivity index (χ4v) is 3.36. The fraction of sp³-hybridized carbons (Fsp3) is 0.133. The van der Waals surface area contributed by atoms with Crippen molar-refractivity contribution in [1.82, 2.24) is 4.90 Å². The van der Waals surface area contributed by atoms with E-state index < -0.39 is 0 Å². The van der Waals surface area contributed by atoms with Crippen molar-refractivity contribution in [2.24, 2.45) is 0 Å². The molecule has 3 nitrogen and oxygen atoms in total. The van der Waals surface area contributed by atoms with Crippen LogP contribution in [-0.4, -0.2) is 17.5 Å². The van der Waals surface area contributed by atoms with Crippen molar-refractivity contribution in [1.29, 1.82) is 0 Å². The highest BCUT2D eigenvalue weighted by Gasteiger charge is 2.41. The Labute approximate surface area is 118 Å². The third-order valence-electron chi connectivity index (χ3n) is 3.70. The van der Waals surface area contributed by atoms with Gasteiger partial charge in [-0.25, -0.2) is 0 Å². The Bertz CT molecular complexity index is 698. The first-order valence-electron chi connectivity index (χ1n) is 6.08. The summed E-state index contributed by atoms with van der Waals surface area (Å²) >= 11 is 3.51. The summed E-state index contributed by atoms with van der Waals surface area (Å²) in [5.74, 6) is 0.888. The van der Waals surface area contributed by atoms with Crippen LogP contribution < -0.4 is 4.74 Å². The maximum atomic E-state index is 12.4. The van der Waals surface area contributed by atoms with Gasteiger partial charge in [0.15, 0.2) is 6.73 Å². The molecule has 0 N–H and O–H groups in total. The van der Waals surface area contributed by atoms with Gasteiger partial charge in [-0.1, -0.05) is 30.3 Å². The number of ether oxygens (including phenoxy) is 1. The number of hydrogen-bond donors (Lipinski definition) is 0. The molecule has 0 saturated carbocycles. The molecule has 2 aromatic carbocycles. The Morgan fingerprint density at radius 2 is 1.89 bits per heavy atom. The third kappa shape index (κ3) is 1.40. The van der Waals surface area contributed by atoms with E-state index in [4.69, 9.17) is 4.74 Å². The van der Waals surface area contributed by atoms with Crippen molar-refractivity contribution in [3.63, 3.8) is 0 Å². The number of benzene rings is 2. The summed E-state index contributed by atoms with van der Waals surface area (Å²) in [6.45, 7) is 0.299. The molecule has 1 amide bonds. The van der Waals surface area contributed by atoms with Crippen LogP contribution in [0.5, 0.6) is 5.75 Å². The predicted octanol–water partition coefficient (Wildman–Crippen LogP) is 3.34. The van der Waals surface area contributed by atoms with Gasteiger partial charge in [0.05, 0.1) is 10.5 Å². The predicted molar refractivity (Wildman–Crippen MR) is 74.1 cm³/mol. The van der Waals surface area contributed by atoms with Crippen molar-refractivity contribution in [3.05, 3.63) is 63.6 Å². The number of hydrogen-bond acceptors (Lipinski definition) is 2. The monoisotopic (exact) mass is 315 g/mol. The first kappa shape index (κ1) is 11.1. The van der Waals surface area contributed by atoms with Crippen LogP contribution in [0.3, 0.4) is 0 Å². The second-order valence-electron chi connectivity index (χ2n) is 4.70. The molecule has 0 aromatic heterocycles. The van der Waals surface area contributed by atoms with E-state index in [0.717, 1.165) is 26.9 Å². The Morgan fingerprint density at radius 1 is 1.11 bits per heavy atom. The van der Waals surface area contributed by atoms with Gasteiger partial charge in [0.25, 0.3) is 5.91 Å². The van der Waals surface area contributed by atoms with Gasteiger partial charge in [-0.05, 0) is 33.6 Å². The van der Waals surface area contributed by atoms with Gasteiger partial charge in [-0.15, -0.1) is 0 Å². The molecule has 2 aliphatic heterocycles. The van der Waals surface area contributed by atoms with Gasteiger partial charge < -0.3 is 4.74 Å². The van der Waals surface area contributed by atoms with Crippen molar-refractivity contribution >= 4 is 21.8 Å². The average Bonchev–Trinajstić information content (AvgIpc) is 2.74. The zero-order valence-corrected chi connectivity index (χ0v) is 11.6. The van der Waals surface area contributed by atoms with Crippen LogP contribution in [0.25, 0.3) is 0 Å². The number of nitrogens with zero attached hydrogens (tertiary/aromatic N) is 1. The standard InChI is InChI=1S/C15H10BrNO2/c16-12-7-3-6-11-13-9-4-1-2-5-10(9)15(18)17(13)8-19-14(11)12/h1-7,13H,8H2. The van der Waals surface area contributed by atoms with Gasteiger partial charge in [-0.3, -0.25) is 9.69 Å². The van der Waals surface area contributed by atoms with E-state index in [-0.39, 0.29) is 11.9 Å². The van der Waals surface area contributed by atoms with E-state index in [1.54, 1.807) is 4.90 Å². The van der Waals surface area contributed by atoms with E-state index in [9.17, 15) is 4.79 Å². The Morgan fingerprint density at radius 3 is 2.79 bits per heavy atom. The van der Waals surface area contributed by atoms with E-state index in [0.29, 0.717) is 6.73 Å². The molecule has 4 rings (SSSR count). The highest BCUT2D eigenvalue weighted by molar-refractivity contribution is 9.10. The molecule has 0 bridgehead atoms. The van der Waals surface area contributed by atoms with Crippen LogP contribution >= 0.6 is 15.9 Å². The molecular formula is C15H10BrNO2. The van der Waals surface area contributed by atoms with Gasteiger partial charge in [0.1, 0.15) is 5.75 Å². The number of amides is 1. The average molecular weight is 316 g/mol. The van der Waals surface area contributed by atoms with E-state index in [1.807, 2.05) is 42.5 Å². The van der Waals surface area contributed by atoms with Crippen LogP contribution in [0.2, 0.25) is 0 Å². The van der Waals surface area contributed by atoms with Crippen molar-refractivity contribution < 1.29 is 9.53 Å². The molecule has 94 valence electrons. The summed E-state index contributed by atoms with van der Waals surface area (Å²) in [5, 5.41) is 0. The summed E-state index contributed by atoms with van der Waals surface area (Å²) in [7, 11) is 0. The lowest BCUT2D eigenvalue weighted by atomic mass is 9.97. The number of para-hydroxylation sites is 1. The minimum atomic E-state index is -0.0232. The number of carbonyl (C=O) groups is 1. The molecule has 0 spiro atoms. The lowest BCUT2D eigenvalue weighted by molar-refractivity contribution is 0.0496. The summed E-state index contributed by atoms with van der Waals surface area (Å²) in [6, 6.07) is 13.7. The topological polar surface area (TPSA) is 29.5 Å². The second-order valence-corrected chi connectivity index (χ2v) is 5.55. The number of carbonyl (C=O) groups excluding carboxylic acids is 1. The van der Waals surface area contributed by atoms with Crippen LogP contribution in [0, 0.1) is 0 Å². The summed E-state index contributed by atoms with van der Waals surface area (Å²) in [6.07, 6.45) is 0. The second kappa shape index (κ2) is 3.84. The molecule has 0 saturated heterocycles. The molecule has 2 aromatic rings. The lowest BCUT2D eigenvalue weighted by Gasteiger charge is -2.32. The molecule has 4 heteroatoms. The van der Waals surface area contributed by atoms with Crippen molar-refractivity contribution in [3.8, 4) is 5.75 Å². The van der Waals surface area contributed by atoms with Gasteiger partial charge in [0, 0.05) is 11.1 Å². The Hall–Kier alpha value is -1.81. The number of fused-ring (bicyclic) bond motifs is 5. The van der Waals surface area contributed by atoms with Crippen LogP contribution in [0.1, 0.15) is 27.5 Å². The highest BCUT2D eigenvalue weighted by Crippen LogP contribution is 2.46. The third-order valence-corrected chi connectivity index (χ3v) is 4.32. The maximum Gasteiger partial charge on any atom is 0.257 e. The van der Waals surface area contributed by atoms with E-state index in [2.05, 4.69) is 15.9 Å². The molecule has 1 atom stereocenters. The van der Waals surface area contributed by atoms with E-state index in [1.165, 1.54) is 0 Å². The first-order chi connectivity index (χ1) is 9.27. The quantitative estimate of drug-likeness (QED) is 0.746. The van der Waals surface area contributed by atoms with E-state index >= 15 is 0 Å². The van der Waals surface area contributed by atoms with Crippen molar-refractivity contribution in [2.75, 3.05) is 6.73 Å². The number of rotatable bonds is 0. The van der Waals surface area contributed by atoms with Crippen LogP contribution in [-0.2, 0) is 0 Å². The zero-order chi connectivity index (χ0) is 13.0. The highest BCUT2D eigenvalue weighted by atomic mass is 79.9. The first-order valence-corrected chi connectivity index (χ1v) is 6.88. The Kier molecular flexibility index (Phi) is 2.23. The van der Waals surface area contributed by atoms with Gasteiger partial charge in [0.2, 0.25) is 0 Å². The molecule has 0 fully saturated rings. The lowest BCUT2D eigenvalue weighted by Crippen LogP contribution is -2.36. The molecule has 1 unspecified atom stereocenters. The summed E-state index contributed by atoms with van der Waals surface area (Å²) in [5.41, 5.74) is 2.89. The molecule has 2 heterocycles. The summed E-state index contributed by atoms with van der Waals surface area (Å²) < 4.78 is 6.66. The molecule has 0 radical (unpaired) electrons. The van der Waals surface area contributed by atoms with Crippen LogP contribution in [0.4, 0.5) is 0 Å². The van der Waals surface area contributed by atoms with Crippen molar-refractivity contribution in [2.45, 2.75) is 6.04 Å². The molecular weight excluding hydrogens is 306 g/mol. The fourth-order valence-electron chi connectivity index (χ4n) is 2.87. The minimum Gasteiger partial charge on any atom is -0.471 e. The van der Waals surface area contributed by atoms with Gasteiger partial charge in [-0.2, -0.15) is 0 Å². The largest absolute Gasteiger partial charge is 0.471 e. The van der Waals surface area contributed by atoms with Crippen LogP contribution in [0.15, 0.2) is 46.9 Å². The number of halogens is 1. The minimum absolute atomic E-state index is 0.0232. The molecule has 19 heavy (non-hydrogen) atoms. The summed E-state index contributed by atoms with van der Waals surface area (Å²) in [4.78, 5) is 14.1.